The number of pyridine rings is 1. The number of carbonyl (C=O) groups excluding carboxylic acids is 1. The van der Waals surface area contributed by atoms with Gasteiger partial charge >= 0.3 is 0 Å². The summed E-state index contributed by atoms with van der Waals surface area (Å²) in [5.74, 6) is 0.442. The number of aromatic nitrogens is 1. The van der Waals surface area contributed by atoms with Crippen LogP contribution in [0.4, 0.5) is 5.82 Å². The molecule has 0 spiro atoms. The maximum absolute atomic E-state index is 12.0. The molecule has 88 valence electrons. The molecule has 0 radical (unpaired) electrons. The van der Waals surface area contributed by atoms with E-state index in [0.29, 0.717) is 24.5 Å². The number of amides is 1. The van der Waals surface area contributed by atoms with Crippen LogP contribution in [0.3, 0.4) is 0 Å². The first-order valence-corrected chi connectivity index (χ1v) is 5.26. The first-order valence-electron chi connectivity index (χ1n) is 5.26. The first kappa shape index (κ1) is 12.4. The lowest BCUT2D eigenvalue weighted by Crippen LogP contribution is -2.30. The normalized spacial score (nSPS) is 9.94. The number of rotatable bonds is 5. The van der Waals surface area contributed by atoms with Crippen LogP contribution in [0.5, 0.6) is 0 Å². The van der Waals surface area contributed by atoms with Crippen molar-refractivity contribution in [2.24, 2.45) is 0 Å². The summed E-state index contributed by atoms with van der Waals surface area (Å²) in [6, 6.07) is 3.45. The predicted molar refractivity (Wildman–Crippen MR) is 62.4 cm³/mol. The lowest BCUT2D eigenvalue weighted by molar-refractivity contribution is 0.0767. The monoisotopic (exact) mass is 223 g/mol. The van der Waals surface area contributed by atoms with Crippen molar-refractivity contribution in [3.05, 3.63) is 23.9 Å². The van der Waals surface area contributed by atoms with E-state index in [4.69, 9.17) is 5.11 Å². The zero-order valence-corrected chi connectivity index (χ0v) is 9.60. The molecule has 0 aliphatic rings. The largest absolute Gasteiger partial charge is 0.395 e. The summed E-state index contributed by atoms with van der Waals surface area (Å²) in [7, 11) is 1.65. The molecule has 0 aliphatic carbocycles. The summed E-state index contributed by atoms with van der Waals surface area (Å²) in [5, 5.41) is 11.8. The van der Waals surface area contributed by atoms with Crippen molar-refractivity contribution in [2.45, 2.75) is 6.92 Å². The summed E-state index contributed by atoms with van der Waals surface area (Å²) < 4.78 is 0. The van der Waals surface area contributed by atoms with Gasteiger partial charge in [-0.2, -0.15) is 0 Å². The Labute approximate surface area is 95.1 Å². The van der Waals surface area contributed by atoms with Gasteiger partial charge in [0.25, 0.3) is 5.91 Å². The minimum Gasteiger partial charge on any atom is -0.395 e. The Kier molecular flexibility index (Phi) is 4.72. The molecule has 1 rings (SSSR count). The fourth-order valence-electron chi connectivity index (χ4n) is 1.34. The van der Waals surface area contributed by atoms with Crippen LogP contribution in [-0.4, -0.2) is 47.6 Å². The molecule has 16 heavy (non-hydrogen) atoms. The Hall–Kier alpha value is -1.62. The third kappa shape index (κ3) is 2.93. The molecule has 2 N–H and O–H groups in total. The van der Waals surface area contributed by atoms with Crippen molar-refractivity contribution in [1.29, 1.82) is 0 Å². The van der Waals surface area contributed by atoms with E-state index in [1.165, 1.54) is 4.90 Å². The van der Waals surface area contributed by atoms with Gasteiger partial charge in [-0.3, -0.25) is 4.79 Å². The van der Waals surface area contributed by atoms with Crippen molar-refractivity contribution < 1.29 is 9.90 Å². The molecule has 1 aromatic rings. The molecule has 5 nitrogen and oxygen atoms in total. The van der Waals surface area contributed by atoms with Crippen LogP contribution in [0.25, 0.3) is 0 Å². The Morgan fingerprint density at radius 1 is 1.62 bits per heavy atom. The second-order valence-electron chi connectivity index (χ2n) is 3.38. The van der Waals surface area contributed by atoms with E-state index >= 15 is 0 Å². The molecule has 1 aromatic heterocycles. The third-order valence-corrected chi connectivity index (χ3v) is 2.16. The van der Waals surface area contributed by atoms with Crippen LogP contribution in [0, 0.1) is 0 Å². The second kappa shape index (κ2) is 6.07. The molecule has 0 saturated carbocycles. The third-order valence-electron chi connectivity index (χ3n) is 2.16. The molecule has 0 saturated heterocycles. The number of aliphatic hydroxyl groups is 1. The van der Waals surface area contributed by atoms with Gasteiger partial charge in [0.05, 0.1) is 12.2 Å². The van der Waals surface area contributed by atoms with Gasteiger partial charge in [0.2, 0.25) is 0 Å². The quantitative estimate of drug-likeness (QED) is 0.766. The molecule has 0 fully saturated rings. The lowest BCUT2D eigenvalue weighted by atomic mass is 10.2. The smallest absolute Gasteiger partial charge is 0.257 e. The molecular formula is C11H17N3O2. The highest BCUT2D eigenvalue weighted by atomic mass is 16.3. The Morgan fingerprint density at radius 3 is 3.00 bits per heavy atom. The zero-order chi connectivity index (χ0) is 12.0. The van der Waals surface area contributed by atoms with Crippen LogP contribution in [0.2, 0.25) is 0 Å². The van der Waals surface area contributed by atoms with Gasteiger partial charge in [-0.1, -0.05) is 0 Å². The van der Waals surface area contributed by atoms with Gasteiger partial charge < -0.3 is 15.3 Å². The van der Waals surface area contributed by atoms with Crippen molar-refractivity contribution in [1.82, 2.24) is 9.88 Å². The average molecular weight is 223 g/mol. The number of carbonyl (C=O) groups is 1. The van der Waals surface area contributed by atoms with Crippen LogP contribution >= 0.6 is 0 Å². The van der Waals surface area contributed by atoms with Crippen LogP contribution in [0.1, 0.15) is 17.3 Å². The van der Waals surface area contributed by atoms with Gasteiger partial charge in [0.15, 0.2) is 0 Å². The summed E-state index contributed by atoms with van der Waals surface area (Å²) in [6.45, 7) is 2.93. The van der Waals surface area contributed by atoms with Gasteiger partial charge in [-0.25, -0.2) is 4.98 Å². The van der Waals surface area contributed by atoms with E-state index in [9.17, 15) is 4.79 Å². The number of hydrogen-bond acceptors (Lipinski definition) is 4. The highest BCUT2D eigenvalue weighted by Gasteiger charge is 2.15. The first-order chi connectivity index (χ1) is 7.70. The molecule has 1 heterocycles. The summed E-state index contributed by atoms with van der Waals surface area (Å²) in [6.07, 6.45) is 1.64. The molecule has 0 unspecified atom stereocenters. The molecular weight excluding hydrogens is 206 g/mol. The Balaban J connectivity index is 2.89. The van der Waals surface area contributed by atoms with Crippen molar-refractivity contribution >= 4 is 11.7 Å². The highest BCUT2D eigenvalue weighted by molar-refractivity contribution is 5.98. The minimum absolute atomic E-state index is 0.0426. The zero-order valence-electron chi connectivity index (χ0n) is 9.60. The van der Waals surface area contributed by atoms with E-state index in [-0.39, 0.29) is 12.5 Å². The van der Waals surface area contributed by atoms with Gasteiger partial charge in [-0.05, 0) is 19.1 Å². The fourth-order valence-corrected chi connectivity index (χ4v) is 1.34. The molecule has 0 aromatic carbocycles. The van der Waals surface area contributed by atoms with Crippen LogP contribution in [-0.2, 0) is 0 Å². The van der Waals surface area contributed by atoms with Gasteiger partial charge in [0.1, 0.15) is 5.82 Å². The van der Waals surface area contributed by atoms with Gasteiger partial charge in [-0.15, -0.1) is 0 Å². The summed E-state index contributed by atoms with van der Waals surface area (Å²) >= 11 is 0. The van der Waals surface area contributed by atoms with E-state index < -0.39 is 0 Å². The maximum Gasteiger partial charge on any atom is 0.257 e. The van der Waals surface area contributed by atoms with E-state index in [1.54, 1.807) is 25.4 Å². The van der Waals surface area contributed by atoms with E-state index in [0.717, 1.165) is 0 Å². The highest BCUT2D eigenvalue weighted by Crippen LogP contribution is 2.13. The summed E-state index contributed by atoms with van der Waals surface area (Å²) in [4.78, 5) is 17.5. The summed E-state index contributed by atoms with van der Waals surface area (Å²) in [5.41, 5.74) is 0.528. The standard InChI is InChI=1S/C11H17N3O2/c1-3-12-10-9(5-4-6-13-10)11(16)14(2)7-8-15/h4-6,15H,3,7-8H2,1-2H3,(H,12,13). The number of aliphatic hydroxyl groups excluding tert-OH is 1. The molecule has 1 amide bonds. The van der Waals surface area contributed by atoms with Crippen molar-refractivity contribution in [3.8, 4) is 0 Å². The maximum atomic E-state index is 12.0. The topological polar surface area (TPSA) is 65.5 Å². The van der Waals surface area contributed by atoms with Crippen molar-refractivity contribution in [2.75, 3.05) is 32.1 Å². The van der Waals surface area contributed by atoms with Crippen molar-refractivity contribution in [3.63, 3.8) is 0 Å². The molecule has 0 atom stereocenters. The number of likely N-dealkylation sites (N-methyl/N-ethyl adjacent to an activating group) is 1. The predicted octanol–water partition coefficient (Wildman–Crippen LogP) is 0.578. The SMILES string of the molecule is CCNc1ncccc1C(=O)N(C)CCO. The van der Waals surface area contributed by atoms with Gasteiger partial charge in [0, 0.05) is 26.3 Å². The van der Waals surface area contributed by atoms with Crippen LogP contribution < -0.4 is 5.32 Å². The molecule has 5 heteroatoms. The molecule has 0 bridgehead atoms. The fraction of sp³-hybridized carbons (Fsp3) is 0.455. The van der Waals surface area contributed by atoms with Crippen LogP contribution in [0.15, 0.2) is 18.3 Å². The lowest BCUT2D eigenvalue weighted by Gasteiger charge is -2.17. The number of hydrogen-bond donors (Lipinski definition) is 2. The van der Waals surface area contributed by atoms with E-state index in [2.05, 4.69) is 10.3 Å². The minimum atomic E-state index is -0.141. The number of nitrogens with zero attached hydrogens (tertiary/aromatic N) is 2. The average Bonchev–Trinajstić information content (AvgIpc) is 2.29. The van der Waals surface area contributed by atoms with E-state index in [1.807, 2.05) is 6.92 Å². The molecule has 0 aliphatic heterocycles. The Bertz CT molecular complexity index is 355. The second-order valence-corrected chi connectivity index (χ2v) is 3.38. The number of anilines is 1. The Morgan fingerprint density at radius 2 is 2.38 bits per heavy atom. The number of nitrogens with one attached hydrogen (secondary N) is 1.